The highest BCUT2D eigenvalue weighted by atomic mass is 16.3. The van der Waals surface area contributed by atoms with Crippen LogP contribution in [-0.4, -0.2) is 52.6 Å². The molecule has 104 valence electrons. The highest BCUT2D eigenvalue weighted by molar-refractivity contribution is 5.92. The molecule has 1 aliphatic heterocycles. The number of nitrogens with zero attached hydrogens (tertiary/aromatic N) is 3. The van der Waals surface area contributed by atoms with Crippen molar-refractivity contribution in [1.29, 1.82) is 0 Å². The van der Waals surface area contributed by atoms with E-state index in [2.05, 4.69) is 15.3 Å². The molecule has 2 N–H and O–H groups in total. The predicted molar refractivity (Wildman–Crippen MR) is 71.9 cm³/mol. The van der Waals surface area contributed by atoms with Crippen LogP contribution in [-0.2, 0) is 0 Å². The maximum atomic E-state index is 12.4. The van der Waals surface area contributed by atoms with Crippen LogP contribution in [0.4, 0.5) is 5.82 Å². The molecule has 1 aromatic rings. The van der Waals surface area contributed by atoms with Crippen molar-refractivity contribution in [1.82, 2.24) is 14.9 Å². The molecule has 0 aliphatic carbocycles. The van der Waals surface area contributed by atoms with Crippen LogP contribution >= 0.6 is 0 Å². The number of hydrogen-bond donors (Lipinski definition) is 2. The molecule has 0 radical (unpaired) electrons. The number of aliphatic hydroxyl groups is 1. The third-order valence-electron chi connectivity index (χ3n) is 3.45. The summed E-state index contributed by atoms with van der Waals surface area (Å²) in [6.45, 7) is 1.64. The van der Waals surface area contributed by atoms with Crippen LogP contribution in [0.15, 0.2) is 12.4 Å². The lowest BCUT2D eigenvalue weighted by atomic mass is 9.95. The summed E-state index contributed by atoms with van der Waals surface area (Å²) >= 11 is 0. The second-order valence-corrected chi connectivity index (χ2v) is 4.81. The molecular weight excluding hydrogens is 244 g/mol. The Balaban J connectivity index is 2.05. The van der Waals surface area contributed by atoms with Crippen LogP contribution < -0.4 is 5.32 Å². The summed E-state index contributed by atoms with van der Waals surface area (Å²) < 4.78 is 0. The van der Waals surface area contributed by atoms with Gasteiger partial charge in [-0.15, -0.1) is 0 Å². The number of aliphatic hydroxyl groups excluding tert-OH is 1. The van der Waals surface area contributed by atoms with E-state index in [0.29, 0.717) is 24.0 Å². The standard InChI is InChI=1S/C13H20N4O2/c1-14-12-8-15-7-11(16-12)13(19)17-5-2-3-10(9-17)4-6-18/h7-8,10,18H,2-6,9H2,1H3,(H,14,16). The SMILES string of the molecule is CNc1cncc(C(=O)N2CCCC(CCO)C2)n1. The van der Waals surface area contributed by atoms with Crippen molar-refractivity contribution in [2.45, 2.75) is 19.3 Å². The molecule has 6 nitrogen and oxygen atoms in total. The van der Waals surface area contributed by atoms with Gasteiger partial charge in [0.15, 0.2) is 0 Å². The van der Waals surface area contributed by atoms with Crippen molar-refractivity contribution < 1.29 is 9.90 Å². The summed E-state index contributed by atoms with van der Waals surface area (Å²) in [5.41, 5.74) is 0.372. The van der Waals surface area contributed by atoms with Gasteiger partial charge in [-0.2, -0.15) is 0 Å². The van der Waals surface area contributed by atoms with Gasteiger partial charge in [0.2, 0.25) is 0 Å². The summed E-state index contributed by atoms with van der Waals surface area (Å²) in [6.07, 6.45) is 5.90. The average molecular weight is 264 g/mol. The number of likely N-dealkylation sites (tertiary alicyclic amines) is 1. The van der Waals surface area contributed by atoms with E-state index >= 15 is 0 Å². The van der Waals surface area contributed by atoms with Crippen LogP contribution in [0.5, 0.6) is 0 Å². The van der Waals surface area contributed by atoms with E-state index in [9.17, 15) is 4.79 Å². The van der Waals surface area contributed by atoms with Gasteiger partial charge in [0, 0.05) is 26.7 Å². The number of aromatic nitrogens is 2. The third kappa shape index (κ3) is 3.41. The lowest BCUT2D eigenvalue weighted by Gasteiger charge is -2.32. The lowest BCUT2D eigenvalue weighted by molar-refractivity contribution is 0.0647. The second-order valence-electron chi connectivity index (χ2n) is 4.81. The van der Waals surface area contributed by atoms with Gasteiger partial charge in [0.25, 0.3) is 5.91 Å². The largest absolute Gasteiger partial charge is 0.396 e. The van der Waals surface area contributed by atoms with Gasteiger partial charge < -0.3 is 15.3 Å². The van der Waals surface area contributed by atoms with E-state index in [0.717, 1.165) is 25.8 Å². The maximum absolute atomic E-state index is 12.4. The van der Waals surface area contributed by atoms with Crippen molar-refractivity contribution >= 4 is 11.7 Å². The first kappa shape index (κ1) is 13.7. The van der Waals surface area contributed by atoms with Gasteiger partial charge >= 0.3 is 0 Å². The monoisotopic (exact) mass is 264 g/mol. The van der Waals surface area contributed by atoms with Crippen molar-refractivity contribution in [3.8, 4) is 0 Å². The fraction of sp³-hybridized carbons (Fsp3) is 0.615. The average Bonchev–Trinajstić information content (AvgIpc) is 2.47. The normalized spacial score (nSPS) is 19.3. The molecule has 1 saturated heterocycles. The first-order valence-electron chi connectivity index (χ1n) is 6.64. The van der Waals surface area contributed by atoms with Crippen LogP contribution in [0.3, 0.4) is 0 Å². The number of carbonyl (C=O) groups excluding carboxylic acids is 1. The van der Waals surface area contributed by atoms with E-state index in [1.54, 1.807) is 13.2 Å². The van der Waals surface area contributed by atoms with Gasteiger partial charge in [-0.05, 0) is 25.2 Å². The number of nitrogens with one attached hydrogen (secondary N) is 1. The second kappa shape index (κ2) is 6.47. The molecule has 6 heteroatoms. The zero-order chi connectivity index (χ0) is 13.7. The minimum atomic E-state index is -0.0766. The minimum absolute atomic E-state index is 0.0766. The fourth-order valence-electron chi connectivity index (χ4n) is 2.42. The molecule has 1 aliphatic rings. The quantitative estimate of drug-likeness (QED) is 0.839. The molecule has 0 spiro atoms. The Hall–Kier alpha value is -1.69. The van der Waals surface area contributed by atoms with Crippen molar-refractivity contribution in [3.63, 3.8) is 0 Å². The summed E-state index contributed by atoms with van der Waals surface area (Å²) in [4.78, 5) is 22.4. The van der Waals surface area contributed by atoms with Gasteiger partial charge in [0.05, 0.1) is 12.4 Å². The minimum Gasteiger partial charge on any atom is -0.396 e. The number of rotatable bonds is 4. The van der Waals surface area contributed by atoms with Crippen LogP contribution in [0.1, 0.15) is 29.8 Å². The molecule has 19 heavy (non-hydrogen) atoms. The first-order chi connectivity index (χ1) is 9.24. The zero-order valence-corrected chi connectivity index (χ0v) is 11.2. The number of carbonyl (C=O) groups is 1. The topological polar surface area (TPSA) is 78.4 Å². The van der Waals surface area contributed by atoms with Gasteiger partial charge in [-0.1, -0.05) is 0 Å². The molecule has 1 unspecified atom stereocenters. The number of anilines is 1. The van der Waals surface area contributed by atoms with Crippen LogP contribution in [0.25, 0.3) is 0 Å². The van der Waals surface area contributed by atoms with Crippen LogP contribution in [0.2, 0.25) is 0 Å². The molecule has 0 aromatic carbocycles. The molecule has 1 atom stereocenters. The first-order valence-corrected chi connectivity index (χ1v) is 6.64. The van der Waals surface area contributed by atoms with Gasteiger partial charge in [-0.25, -0.2) is 4.98 Å². The summed E-state index contributed by atoms with van der Waals surface area (Å²) in [5, 5.41) is 11.9. The third-order valence-corrected chi connectivity index (χ3v) is 3.45. The molecule has 0 saturated carbocycles. The van der Waals surface area contributed by atoms with E-state index in [1.165, 1.54) is 6.20 Å². The van der Waals surface area contributed by atoms with E-state index in [4.69, 9.17) is 5.11 Å². The summed E-state index contributed by atoms with van der Waals surface area (Å²) in [5.74, 6) is 0.908. The van der Waals surface area contributed by atoms with Gasteiger partial charge in [-0.3, -0.25) is 9.78 Å². The highest BCUT2D eigenvalue weighted by Gasteiger charge is 2.25. The number of hydrogen-bond acceptors (Lipinski definition) is 5. The molecule has 1 fully saturated rings. The Morgan fingerprint density at radius 1 is 1.58 bits per heavy atom. The summed E-state index contributed by atoms with van der Waals surface area (Å²) in [7, 11) is 1.75. The van der Waals surface area contributed by atoms with Gasteiger partial charge in [0.1, 0.15) is 11.5 Å². The Morgan fingerprint density at radius 2 is 2.42 bits per heavy atom. The maximum Gasteiger partial charge on any atom is 0.274 e. The Morgan fingerprint density at radius 3 is 3.16 bits per heavy atom. The molecular formula is C13H20N4O2. The fourth-order valence-corrected chi connectivity index (χ4v) is 2.42. The molecule has 1 amide bonds. The Labute approximate surface area is 112 Å². The lowest BCUT2D eigenvalue weighted by Crippen LogP contribution is -2.40. The van der Waals surface area contributed by atoms with E-state index in [-0.39, 0.29) is 12.5 Å². The number of piperidine rings is 1. The zero-order valence-electron chi connectivity index (χ0n) is 11.2. The number of amides is 1. The molecule has 0 bridgehead atoms. The molecule has 2 heterocycles. The predicted octanol–water partition coefficient (Wildman–Crippen LogP) is 0.753. The van der Waals surface area contributed by atoms with Crippen molar-refractivity contribution in [3.05, 3.63) is 18.1 Å². The molecule has 1 aromatic heterocycles. The van der Waals surface area contributed by atoms with Crippen LogP contribution in [0, 0.1) is 5.92 Å². The Bertz CT molecular complexity index is 436. The van der Waals surface area contributed by atoms with E-state index in [1.807, 2.05) is 4.90 Å². The molecule has 2 rings (SSSR count). The van der Waals surface area contributed by atoms with Crippen molar-refractivity contribution in [2.75, 3.05) is 32.1 Å². The highest BCUT2D eigenvalue weighted by Crippen LogP contribution is 2.20. The summed E-state index contributed by atoms with van der Waals surface area (Å²) in [6, 6.07) is 0. The van der Waals surface area contributed by atoms with Crippen molar-refractivity contribution in [2.24, 2.45) is 5.92 Å². The smallest absolute Gasteiger partial charge is 0.274 e. The van der Waals surface area contributed by atoms with E-state index < -0.39 is 0 Å². The Kier molecular flexibility index (Phi) is 4.68.